The molecule has 1 aliphatic rings. The lowest BCUT2D eigenvalue weighted by molar-refractivity contribution is -0.137. The summed E-state index contributed by atoms with van der Waals surface area (Å²) >= 11 is 5.75. The largest absolute Gasteiger partial charge is 0.416 e. The Morgan fingerprint density at radius 3 is 2.25 bits per heavy atom. The minimum atomic E-state index is -4.77. The van der Waals surface area contributed by atoms with Crippen molar-refractivity contribution in [3.05, 3.63) is 64.4 Å². The number of benzene rings is 2. The molecule has 11 heteroatoms. The van der Waals surface area contributed by atoms with Crippen molar-refractivity contribution >= 4 is 27.3 Å². The van der Waals surface area contributed by atoms with E-state index < -0.39 is 61.6 Å². The molecule has 1 amide bonds. The Bertz CT molecular complexity index is 1120. The number of nitrogens with one attached hydrogen (secondary N) is 1. The number of hydrogen-bond acceptors (Lipinski definition) is 3. The zero-order chi connectivity index (χ0) is 23.9. The molecule has 4 nitrogen and oxygen atoms in total. The van der Waals surface area contributed by atoms with Crippen LogP contribution in [0, 0.1) is 5.82 Å². The Kier molecular flexibility index (Phi) is 6.34. The smallest absolute Gasteiger partial charge is 0.347 e. The van der Waals surface area contributed by atoms with Gasteiger partial charge in [0.25, 0.3) is 5.91 Å². The third-order valence-corrected chi connectivity index (χ3v) is 8.06. The molecule has 0 radical (unpaired) electrons. The lowest BCUT2D eigenvalue weighted by atomic mass is 9.82. The predicted octanol–water partition coefficient (Wildman–Crippen LogP) is 5.70. The zero-order valence-corrected chi connectivity index (χ0v) is 18.3. The second-order valence-corrected chi connectivity index (χ2v) is 10.7. The first-order chi connectivity index (χ1) is 14.7. The molecule has 0 spiro atoms. The number of alkyl halides is 4. The maximum atomic E-state index is 15.5. The summed E-state index contributed by atoms with van der Waals surface area (Å²) in [6, 6.07) is 6.22. The van der Waals surface area contributed by atoms with E-state index in [-0.39, 0.29) is 23.4 Å². The first kappa shape index (κ1) is 24.4. The van der Waals surface area contributed by atoms with Crippen molar-refractivity contribution in [2.75, 3.05) is 0 Å². The van der Waals surface area contributed by atoms with Crippen molar-refractivity contribution in [3.8, 4) is 0 Å². The molecule has 1 saturated carbocycles. The molecular weight excluding hydrogens is 477 g/mol. The highest BCUT2D eigenvalue weighted by Gasteiger charge is 2.51. The number of carbonyl (C=O) groups is 1. The van der Waals surface area contributed by atoms with Gasteiger partial charge in [-0.2, -0.15) is 13.2 Å². The van der Waals surface area contributed by atoms with Gasteiger partial charge in [0.05, 0.1) is 10.5 Å². The molecule has 1 aliphatic carbocycles. The van der Waals surface area contributed by atoms with E-state index in [1.807, 2.05) is 0 Å². The summed E-state index contributed by atoms with van der Waals surface area (Å²) in [6.45, 7) is 1.59. The molecule has 1 N–H and O–H groups in total. The average Bonchev–Trinajstić information content (AvgIpc) is 2.69. The van der Waals surface area contributed by atoms with Crippen LogP contribution in [0.1, 0.15) is 48.5 Å². The van der Waals surface area contributed by atoms with Crippen LogP contribution in [-0.4, -0.2) is 24.9 Å². The Labute approximate surface area is 186 Å². The molecule has 0 unspecified atom stereocenters. The summed E-state index contributed by atoms with van der Waals surface area (Å²) < 4.78 is 93.5. The molecule has 174 valence electrons. The normalized spacial score (nSPS) is 24.2. The van der Waals surface area contributed by atoms with Crippen LogP contribution in [0.2, 0.25) is 5.02 Å². The van der Waals surface area contributed by atoms with Gasteiger partial charge in [-0.15, -0.1) is 0 Å². The molecule has 0 aliphatic heterocycles. The van der Waals surface area contributed by atoms with Gasteiger partial charge in [-0.05, 0) is 69.0 Å². The number of carbonyl (C=O) groups excluding carboxylic acids is 1. The molecule has 32 heavy (non-hydrogen) atoms. The fourth-order valence-corrected chi connectivity index (χ4v) is 5.58. The summed E-state index contributed by atoms with van der Waals surface area (Å²) in [5.74, 6) is -1.38. The molecule has 1 fully saturated rings. The first-order valence-corrected chi connectivity index (χ1v) is 11.4. The summed E-state index contributed by atoms with van der Waals surface area (Å²) in [5, 5.41) is -0.126. The maximum absolute atomic E-state index is 15.5. The molecule has 3 rings (SSSR count). The second-order valence-electron chi connectivity index (χ2n) is 8.09. The fourth-order valence-electron chi connectivity index (χ4n) is 3.65. The highest BCUT2D eigenvalue weighted by molar-refractivity contribution is 7.92. The zero-order valence-electron chi connectivity index (χ0n) is 16.8. The van der Waals surface area contributed by atoms with Gasteiger partial charge in [-0.25, -0.2) is 17.2 Å². The predicted molar refractivity (Wildman–Crippen MR) is 108 cm³/mol. The van der Waals surface area contributed by atoms with Gasteiger partial charge in [0, 0.05) is 16.1 Å². The molecule has 0 heterocycles. The summed E-state index contributed by atoms with van der Waals surface area (Å²) in [5.41, 5.74) is -2.25. The molecular formula is C21H19ClF5NO3S. The van der Waals surface area contributed by atoms with E-state index in [1.165, 1.54) is 6.07 Å². The second kappa shape index (κ2) is 8.30. The molecule has 2 aromatic carbocycles. The number of hydrogen-bond donors (Lipinski definition) is 1. The topological polar surface area (TPSA) is 63.2 Å². The summed E-state index contributed by atoms with van der Waals surface area (Å²) in [7, 11) is -4.73. The van der Waals surface area contributed by atoms with Crippen LogP contribution in [0.4, 0.5) is 22.0 Å². The third kappa shape index (κ3) is 4.91. The Morgan fingerprint density at radius 2 is 1.69 bits per heavy atom. The Morgan fingerprint density at radius 1 is 1.06 bits per heavy atom. The lowest BCUT2D eigenvalue weighted by Gasteiger charge is -2.40. The van der Waals surface area contributed by atoms with E-state index in [2.05, 4.69) is 5.32 Å². The van der Waals surface area contributed by atoms with E-state index in [9.17, 15) is 30.8 Å². The monoisotopic (exact) mass is 495 g/mol. The van der Waals surface area contributed by atoms with Gasteiger partial charge in [-0.3, -0.25) is 4.79 Å². The quantitative estimate of drug-likeness (QED) is 0.553. The van der Waals surface area contributed by atoms with Gasteiger partial charge in [0.15, 0.2) is 0 Å². The molecule has 0 atom stereocenters. The van der Waals surface area contributed by atoms with Gasteiger partial charge < -0.3 is 5.32 Å². The van der Waals surface area contributed by atoms with Crippen LogP contribution in [0.15, 0.2) is 47.4 Å². The van der Waals surface area contributed by atoms with E-state index >= 15 is 4.39 Å². The minimum Gasteiger partial charge on any atom is -0.347 e. The standard InChI is InChI=1S/C21H19ClF5NO3S/c1-19(28-18(29)13-9-15(22)12-16(23)10-13)5-7-20(24,8-6-19)32(30,31)17-4-2-3-14(11-17)21(25,26)27/h2-4,9-12H,5-8H2,1H3,(H,28,29). The fraction of sp³-hybridized carbons (Fsp3) is 0.381. The van der Waals surface area contributed by atoms with Crippen molar-refractivity contribution in [1.82, 2.24) is 5.32 Å². The van der Waals surface area contributed by atoms with Crippen LogP contribution in [-0.2, 0) is 16.0 Å². The van der Waals surface area contributed by atoms with Gasteiger partial charge >= 0.3 is 6.18 Å². The maximum Gasteiger partial charge on any atom is 0.416 e. The van der Waals surface area contributed by atoms with Gasteiger partial charge in [-0.1, -0.05) is 17.7 Å². The minimum absolute atomic E-state index is 0.0129. The summed E-state index contributed by atoms with van der Waals surface area (Å²) in [4.78, 5) is 11.7. The number of amides is 1. The number of sulfone groups is 1. The molecule has 0 aromatic heterocycles. The van der Waals surface area contributed by atoms with Gasteiger partial charge in [0.2, 0.25) is 14.8 Å². The highest BCUT2D eigenvalue weighted by Crippen LogP contribution is 2.44. The Balaban J connectivity index is 1.77. The number of rotatable bonds is 4. The van der Waals surface area contributed by atoms with Crippen molar-refractivity contribution in [2.24, 2.45) is 0 Å². The molecule has 0 bridgehead atoms. The SMILES string of the molecule is CC1(NC(=O)c2cc(F)cc(Cl)c2)CCC(F)(S(=O)(=O)c2cccc(C(F)(F)F)c2)CC1. The van der Waals surface area contributed by atoms with Crippen LogP contribution in [0.5, 0.6) is 0 Å². The highest BCUT2D eigenvalue weighted by atomic mass is 35.5. The Hall–Kier alpha value is -2.20. The van der Waals surface area contributed by atoms with E-state index in [0.29, 0.717) is 12.1 Å². The van der Waals surface area contributed by atoms with Crippen LogP contribution < -0.4 is 5.32 Å². The summed E-state index contributed by atoms with van der Waals surface area (Å²) in [6.07, 6.45) is -6.05. The van der Waals surface area contributed by atoms with Gasteiger partial charge in [0.1, 0.15) is 5.82 Å². The third-order valence-electron chi connectivity index (χ3n) is 5.59. The average molecular weight is 496 g/mol. The van der Waals surface area contributed by atoms with Crippen molar-refractivity contribution < 1.29 is 35.2 Å². The van der Waals surface area contributed by atoms with E-state index in [1.54, 1.807) is 6.92 Å². The van der Waals surface area contributed by atoms with E-state index in [4.69, 9.17) is 11.6 Å². The van der Waals surface area contributed by atoms with E-state index in [0.717, 1.165) is 24.3 Å². The van der Waals surface area contributed by atoms with Crippen molar-refractivity contribution in [3.63, 3.8) is 0 Å². The van der Waals surface area contributed by atoms with Crippen molar-refractivity contribution in [1.29, 1.82) is 0 Å². The molecule has 0 saturated heterocycles. The van der Waals surface area contributed by atoms with Crippen LogP contribution in [0.3, 0.4) is 0 Å². The lowest BCUT2D eigenvalue weighted by Crippen LogP contribution is -2.52. The number of halogens is 6. The van der Waals surface area contributed by atoms with Crippen molar-refractivity contribution in [2.45, 2.75) is 54.2 Å². The first-order valence-electron chi connectivity index (χ1n) is 9.55. The molecule has 2 aromatic rings. The van der Waals surface area contributed by atoms with Crippen LogP contribution >= 0.6 is 11.6 Å². The van der Waals surface area contributed by atoms with Crippen LogP contribution in [0.25, 0.3) is 0 Å².